The number of hydrogen-bond acceptors (Lipinski definition) is 3. The summed E-state index contributed by atoms with van der Waals surface area (Å²) in [5.74, 6) is 0.336. The Labute approximate surface area is 172 Å². The van der Waals surface area contributed by atoms with Gasteiger partial charge in [-0.3, -0.25) is 4.99 Å². The minimum Gasteiger partial charge on any atom is -0.356 e. The third-order valence-corrected chi connectivity index (χ3v) is 4.39. The van der Waals surface area contributed by atoms with Crippen molar-refractivity contribution in [3.8, 4) is 0 Å². The molecule has 0 radical (unpaired) electrons. The first kappa shape index (κ1) is 22.7. The summed E-state index contributed by atoms with van der Waals surface area (Å²) in [6, 6.07) is 10.2. The van der Waals surface area contributed by atoms with Crippen LogP contribution in [-0.2, 0) is 19.4 Å². The van der Waals surface area contributed by atoms with E-state index in [1.165, 1.54) is 12.6 Å². The molecule has 0 bridgehead atoms. The third-order valence-electron chi connectivity index (χ3n) is 3.43. The van der Waals surface area contributed by atoms with Gasteiger partial charge in [0.05, 0.1) is 23.7 Å². The van der Waals surface area contributed by atoms with Gasteiger partial charge in [-0.05, 0) is 12.0 Å². The van der Waals surface area contributed by atoms with Crippen LogP contribution >= 0.6 is 35.3 Å². The van der Waals surface area contributed by atoms with Gasteiger partial charge in [-0.25, -0.2) is 4.98 Å². The Morgan fingerprint density at radius 3 is 2.54 bits per heavy atom. The maximum atomic E-state index is 12.1. The molecule has 0 aliphatic heterocycles. The lowest BCUT2D eigenvalue weighted by atomic mass is 10.1. The van der Waals surface area contributed by atoms with E-state index in [-0.39, 0.29) is 30.5 Å². The van der Waals surface area contributed by atoms with Crippen LogP contribution in [0.3, 0.4) is 0 Å². The number of guanidine groups is 1. The molecule has 26 heavy (non-hydrogen) atoms. The lowest BCUT2D eigenvalue weighted by molar-refractivity contribution is -0.132. The van der Waals surface area contributed by atoms with Crippen molar-refractivity contribution in [2.24, 2.45) is 4.99 Å². The molecule has 1 heterocycles. The lowest BCUT2D eigenvalue weighted by Crippen LogP contribution is -2.38. The summed E-state index contributed by atoms with van der Waals surface area (Å²) in [7, 11) is 1.52. The first-order valence-corrected chi connectivity index (χ1v) is 8.83. The van der Waals surface area contributed by atoms with Gasteiger partial charge in [0.25, 0.3) is 0 Å². The zero-order valence-corrected chi connectivity index (χ0v) is 17.5. The highest BCUT2D eigenvalue weighted by Gasteiger charge is 2.26. The zero-order valence-electron chi connectivity index (χ0n) is 14.3. The molecular formula is C17H22F3IN4S. The van der Waals surface area contributed by atoms with Gasteiger partial charge in [-0.2, -0.15) is 13.2 Å². The van der Waals surface area contributed by atoms with E-state index in [0.717, 1.165) is 23.5 Å². The number of aryl methyl sites for hydroxylation is 2. The summed E-state index contributed by atoms with van der Waals surface area (Å²) in [4.78, 5) is 8.45. The van der Waals surface area contributed by atoms with E-state index in [1.54, 1.807) is 11.3 Å². The molecule has 0 saturated heterocycles. The molecule has 0 aliphatic rings. The molecule has 0 aliphatic carbocycles. The van der Waals surface area contributed by atoms with E-state index in [4.69, 9.17) is 0 Å². The first-order valence-electron chi connectivity index (χ1n) is 7.95. The van der Waals surface area contributed by atoms with Gasteiger partial charge in [0.1, 0.15) is 0 Å². The van der Waals surface area contributed by atoms with Gasteiger partial charge < -0.3 is 10.6 Å². The van der Waals surface area contributed by atoms with Crippen LogP contribution in [0.5, 0.6) is 0 Å². The third kappa shape index (κ3) is 8.84. The van der Waals surface area contributed by atoms with E-state index < -0.39 is 12.6 Å². The van der Waals surface area contributed by atoms with Crippen molar-refractivity contribution in [3.63, 3.8) is 0 Å². The maximum absolute atomic E-state index is 12.1. The number of aliphatic imine (C=N–C) groups is 1. The van der Waals surface area contributed by atoms with Crippen LogP contribution in [0.1, 0.15) is 22.7 Å². The Balaban J connectivity index is 0.00000338. The highest BCUT2D eigenvalue weighted by molar-refractivity contribution is 14.0. The lowest BCUT2D eigenvalue weighted by Gasteiger charge is -2.12. The Morgan fingerprint density at radius 2 is 1.88 bits per heavy atom. The summed E-state index contributed by atoms with van der Waals surface area (Å²) in [6.45, 7) is 0.218. The number of benzene rings is 1. The molecule has 2 aromatic rings. The minimum absolute atomic E-state index is 0. The first-order chi connectivity index (χ1) is 12.0. The van der Waals surface area contributed by atoms with Crippen molar-refractivity contribution >= 4 is 41.3 Å². The number of aromatic nitrogens is 1. The second-order valence-corrected chi connectivity index (χ2v) is 6.38. The molecule has 2 N–H and O–H groups in total. The Morgan fingerprint density at radius 1 is 1.15 bits per heavy atom. The molecule has 0 atom stereocenters. The van der Waals surface area contributed by atoms with Gasteiger partial charge in [0.2, 0.25) is 0 Å². The molecule has 1 aromatic heterocycles. The van der Waals surface area contributed by atoms with Crippen LogP contribution < -0.4 is 10.6 Å². The second kappa shape index (κ2) is 11.4. The maximum Gasteiger partial charge on any atom is 0.390 e. The van der Waals surface area contributed by atoms with Crippen molar-refractivity contribution < 1.29 is 13.2 Å². The van der Waals surface area contributed by atoms with Gasteiger partial charge in [0, 0.05) is 25.4 Å². The number of rotatable bonds is 7. The number of alkyl halides is 3. The monoisotopic (exact) mass is 498 g/mol. The van der Waals surface area contributed by atoms with E-state index in [2.05, 4.69) is 32.7 Å². The van der Waals surface area contributed by atoms with Crippen LogP contribution in [0.2, 0.25) is 0 Å². The second-order valence-electron chi connectivity index (χ2n) is 5.44. The van der Waals surface area contributed by atoms with Crippen molar-refractivity contribution in [1.82, 2.24) is 15.6 Å². The standard InChI is InChI=1S/C17H21F3N4S.HI/c1-21-16(22-10-9-17(18,19)20)23-11-14-12-25-15(24-14)8-7-13-5-3-2-4-6-13;/h2-6,12H,7-11H2,1H3,(H2,21,22,23);1H. The van der Waals surface area contributed by atoms with E-state index in [0.29, 0.717) is 12.5 Å². The Hall–Kier alpha value is -1.36. The van der Waals surface area contributed by atoms with Crippen LogP contribution in [-0.4, -0.2) is 30.7 Å². The minimum atomic E-state index is -4.17. The van der Waals surface area contributed by atoms with Gasteiger partial charge in [-0.15, -0.1) is 35.3 Å². The van der Waals surface area contributed by atoms with Gasteiger partial charge in [0.15, 0.2) is 5.96 Å². The SMILES string of the molecule is CN=C(NCCC(F)(F)F)NCc1csc(CCc2ccccc2)n1.I. The molecule has 0 amide bonds. The molecule has 0 saturated carbocycles. The number of halogens is 4. The Bertz CT molecular complexity index is 674. The summed E-state index contributed by atoms with van der Waals surface area (Å²) in [6.07, 6.45) is -3.27. The highest BCUT2D eigenvalue weighted by Crippen LogP contribution is 2.18. The van der Waals surface area contributed by atoms with E-state index >= 15 is 0 Å². The van der Waals surface area contributed by atoms with Crippen LogP contribution in [0.4, 0.5) is 13.2 Å². The number of thiazole rings is 1. The molecule has 9 heteroatoms. The molecule has 0 unspecified atom stereocenters. The predicted octanol–water partition coefficient (Wildman–Crippen LogP) is 4.16. The van der Waals surface area contributed by atoms with Crippen molar-refractivity contribution in [2.45, 2.75) is 32.0 Å². The predicted molar refractivity (Wildman–Crippen MR) is 110 cm³/mol. The molecule has 2 rings (SSSR count). The molecule has 144 valence electrons. The Kier molecular flexibility index (Phi) is 9.92. The summed E-state index contributed by atoms with van der Waals surface area (Å²) < 4.78 is 36.4. The molecule has 0 spiro atoms. The normalized spacial score (nSPS) is 11.8. The van der Waals surface area contributed by atoms with Crippen molar-refractivity contribution in [2.75, 3.05) is 13.6 Å². The summed E-state index contributed by atoms with van der Waals surface area (Å²) in [5, 5.41) is 8.62. The van der Waals surface area contributed by atoms with Gasteiger partial charge >= 0.3 is 6.18 Å². The highest BCUT2D eigenvalue weighted by atomic mass is 127. The smallest absolute Gasteiger partial charge is 0.356 e. The fourth-order valence-electron chi connectivity index (χ4n) is 2.16. The van der Waals surface area contributed by atoms with Crippen LogP contribution in [0.25, 0.3) is 0 Å². The van der Waals surface area contributed by atoms with Crippen molar-refractivity contribution in [1.29, 1.82) is 0 Å². The van der Waals surface area contributed by atoms with Crippen LogP contribution in [0.15, 0.2) is 40.7 Å². The van der Waals surface area contributed by atoms with E-state index in [1.807, 2.05) is 23.6 Å². The van der Waals surface area contributed by atoms with E-state index in [9.17, 15) is 13.2 Å². The largest absolute Gasteiger partial charge is 0.390 e. The average molecular weight is 498 g/mol. The molecule has 1 aromatic carbocycles. The fourth-order valence-corrected chi connectivity index (χ4v) is 2.96. The quantitative estimate of drug-likeness (QED) is 0.343. The molecule has 0 fully saturated rings. The number of nitrogens with one attached hydrogen (secondary N) is 2. The topological polar surface area (TPSA) is 49.3 Å². The molecular weight excluding hydrogens is 476 g/mol. The zero-order chi connectivity index (χ0) is 18.1. The van der Waals surface area contributed by atoms with Gasteiger partial charge in [-0.1, -0.05) is 30.3 Å². The average Bonchev–Trinajstić information content (AvgIpc) is 3.04. The number of hydrogen-bond donors (Lipinski definition) is 2. The van der Waals surface area contributed by atoms with Crippen molar-refractivity contribution in [3.05, 3.63) is 52.0 Å². The number of nitrogens with zero attached hydrogens (tertiary/aromatic N) is 2. The van der Waals surface area contributed by atoms with Crippen LogP contribution in [0, 0.1) is 0 Å². The summed E-state index contributed by atoms with van der Waals surface area (Å²) in [5.41, 5.74) is 2.12. The summed E-state index contributed by atoms with van der Waals surface area (Å²) >= 11 is 1.59. The molecule has 4 nitrogen and oxygen atoms in total. The fraction of sp³-hybridized carbons (Fsp3) is 0.412.